The standard InChI is InChI=1S/C16H20ClN3O/c1-18-14(11-6-2-3-7-11)10-15-19-16(20-21-15)12-8-4-5-9-13(12)17/h4-5,8-9,11,14,18H,2-3,6-7,10H2,1H3. The van der Waals surface area contributed by atoms with Gasteiger partial charge in [0, 0.05) is 18.0 Å². The average molecular weight is 306 g/mol. The summed E-state index contributed by atoms with van der Waals surface area (Å²) in [6.45, 7) is 0. The number of hydrogen-bond acceptors (Lipinski definition) is 4. The van der Waals surface area contributed by atoms with Crippen LogP contribution in [0.4, 0.5) is 0 Å². The lowest BCUT2D eigenvalue weighted by molar-refractivity contribution is 0.318. The molecule has 2 aromatic rings. The average Bonchev–Trinajstić information content (AvgIpc) is 3.17. The number of aromatic nitrogens is 2. The molecule has 0 spiro atoms. The molecule has 1 saturated carbocycles. The molecule has 0 aliphatic heterocycles. The predicted octanol–water partition coefficient (Wildman–Crippen LogP) is 3.71. The maximum absolute atomic E-state index is 6.17. The molecule has 0 bridgehead atoms. The van der Waals surface area contributed by atoms with Gasteiger partial charge in [-0.05, 0) is 37.9 Å². The first-order chi connectivity index (χ1) is 10.3. The number of halogens is 1. The summed E-state index contributed by atoms with van der Waals surface area (Å²) in [6, 6.07) is 7.97. The van der Waals surface area contributed by atoms with Gasteiger partial charge in [0.25, 0.3) is 0 Å². The minimum absolute atomic E-state index is 0.409. The quantitative estimate of drug-likeness (QED) is 0.915. The molecule has 5 heteroatoms. The van der Waals surface area contributed by atoms with Crippen molar-refractivity contribution in [2.45, 2.75) is 38.1 Å². The Bertz CT molecular complexity index is 593. The molecule has 0 saturated heterocycles. The number of hydrogen-bond donors (Lipinski definition) is 1. The van der Waals surface area contributed by atoms with E-state index < -0.39 is 0 Å². The van der Waals surface area contributed by atoms with E-state index in [1.54, 1.807) is 0 Å². The third kappa shape index (κ3) is 3.27. The minimum Gasteiger partial charge on any atom is -0.339 e. The zero-order valence-electron chi connectivity index (χ0n) is 12.2. The molecule has 1 fully saturated rings. The Kier molecular flexibility index (Phi) is 4.56. The summed E-state index contributed by atoms with van der Waals surface area (Å²) in [5.41, 5.74) is 0.816. The topological polar surface area (TPSA) is 51.0 Å². The van der Waals surface area contributed by atoms with Gasteiger partial charge in [0.1, 0.15) is 0 Å². The van der Waals surface area contributed by atoms with Gasteiger partial charge in [0.15, 0.2) is 0 Å². The molecule has 112 valence electrons. The zero-order chi connectivity index (χ0) is 14.7. The number of likely N-dealkylation sites (N-methyl/N-ethyl adjacent to an activating group) is 1. The fourth-order valence-corrected chi connectivity index (χ4v) is 3.36. The van der Waals surface area contributed by atoms with Crippen LogP contribution in [0.1, 0.15) is 31.6 Å². The van der Waals surface area contributed by atoms with Gasteiger partial charge in [-0.25, -0.2) is 0 Å². The highest BCUT2D eigenvalue weighted by Gasteiger charge is 2.26. The fourth-order valence-electron chi connectivity index (χ4n) is 3.14. The lowest BCUT2D eigenvalue weighted by Gasteiger charge is -2.20. The number of nitrogens with one attached hydrogen (secondary N) is 1. The number of nitrogens with zero attached hydrogens (tertiary/aromatic N) is 2. The van der Waals surface area contributed by atoms with Crippen molar-refractivity contribution in [3.63, 3.8) is 0 Å². The first-order valence-corrected chi connectivity index (χ1v) is 7.90. The van der Waals surface area contributed by atoms with E-state index in [9.17, 15) is 0 Å². The van der Waals surface area contributed by atoms with Crippen LogP contribution in [0.25, 0.3) is 11.4 Å². The van der Waals surface area contributed by atoms with Crippen LogP contribution in [0, 0.1) is 5.92 Å². The highest BCUT2D eigenvalue weighted by atomic mass is 35.5. The summed E-state index contributed by atoms with van der Waals surface area (Å²) in [5.74, 6) is 1.96. The van der Waals surface area contributed by atoms with E-state index in [1.165, 1.54) is 25.7 Å². The van der Waals surface area contributed by atoms with E-state index in [4.69, 9.17) is 16.1 Å². The summed E-state index contributed by atoms with van der Waals surface area (Å²) in [5, 5.41) is 8.11. The Balaban J connectivity index is 1.74. The predicted molar refractivity (Wildman–Crippen MR) is 83.3 cm³/mol. The Labute approximate surface area is 129 Å². The Morgan fingerprint density at radius 3 is 2.81 bits per heavy atom. The van der Waals surface area contributed by atoms with Crippen LogP contribution >= 0.6 is 11.6 Å². The largest absolute Gasteiger partial charge is 0.339 e. The van der Waals surface area contributed by atoms with Crippen LogP contribution < -0.4 is 5.32 Å². The van der Waals surface area contributed by atoms with E-state index >= 15 is 0 Å². The second-order valence-electron chi connectivity index (χ2n) is 5.64. The monoisotopic (exact) mass is 305 g/mol. The third-order valence-electron chi connectivity index (χ3n) is 4.32. The molecule has 1 aliphatic rings. The van der Waals surface area contributed by atoms with Gasteiger partial charge in [0.2, 0.25) is 11.7 Å². The molecule has 1 aromatic carbocycles. The summed E-state index contributed by atoms with van der Waals surface area (Å²) in [7, 11) is 2.01. The first kappa shape index (κ1) is 14.5. The highest BCUT2D eigenvalue weighted by Crippen LogP contribution is 2.30. The molecular formula is C16H20ClN3O. The third-order valence-corrected chi connectivity index (χ3v) is 4.65. The van der Waals surface area contributed by atoms with Gasteiger partial charge in [-0.2, -0.15) is 4.98 Å². The van der Waals surface area contributed by atoms with Crippen molar-refractivity contribution in [1.29, 1.82) is 0 Å². The van der Waals surface area contributed by atoms with E-state index in [2.05, 4.69) is 15.5 Å². The van der Waals surface area contributed by atoms with Gasteiger partial charge in [-0.1, -0.05) is 41.7 Å². The molecule has 21 heavy (non-hydrogen) atoms. The summed E-state index contributed by atoms with van der Waals surface area (Å²) in [6.07, 6.45) is 6.02. The van der Waals surface area contributed by atoms with Crippen LogP contribution in [0.15, 0.2) is 28.8 Å². The molecule has 1 heterocycles. The van der Waals surface area contributed by atoms with Crippen molar-refractivity contribution in [2.75, 3.05) is 7.05 Å². The molecule has 0 amide bonds. The van der Waals surface area contributed by atoms with E-state index in [-0.39, 0.29) is 0 Å². The van der Waals surface area contributed by atoms with Crippen LogP contribution in [0.2, 0.25) is 5.02 Å². The smallest absolute Gasteiger partial charge is 0.228 e. The van der Waals surface area contributed by atoms with Crippen LogP contribution in [-0.2, 0) is 6.42 Å². The highest BCUT2D eigenvalue weighted by molar-refractivity contribution is 6.33. The molecule has 1 atom stereocenters. The molecule has 4 nitrogen and oxygen atoms in total. The Hall–Kier alpha value is -1.39. The molecule has 1 aliphatic carbocycles. The van der Waals surface area contributed by atoms with Crippen molar-refractivity contribution in [3.05, 3.63) is 35.2 Å². The first-order valence-electron chi connectivity index (χ1n) is 7.52. The SMILES string of the molecule is CNC(Cc1nc(-c2ccccc2Cl)no1)C1CCCC1. The second-order valence-corrected chi connectivity index (χ2v) is 6.04. The van der Waals surface area contributed by atoms with Gasteiger partial charge in [0.05, 0.1) is 5.02 Å². The molecule has 1 unspecified atom stereocenters. The van der Waals surface area contributed by atoms with Crippen molar-refractivity contribution >= 4 is 11.6 Å². The Morgan fingerprint density at radius 1 is 1.33 bits per heavy atom. The fraction of sp³-hybridized carbons (Fsp3) is 0.500. The van der Waals surface area contributed by atoms with Crippen LogP contribution in [-0.4, -0.2) is 23.2 Å². The number of rotatable bonds is 5. The summed E-state index contributed by atoms with van der Waals surface area (Å²) in [4.78, 5) is 4.50. The molecular weight excluding hydrogens is 286 g/mol. The molecule has 0 radical (unpaired) electrons. The number of benzene rings is 1. The van der Waals surface area contributed by atoms with E-state index in [1.807, 2.05) is 31.3 Å². The molecule has 1 aromatic heterocycles. The second kappa shape index (κ2) is 6.58. The maximum Gasteiger partial charge on any atom is 0.228 e. The van der Waals surface area contributed by atoms with Gasteiger partial charge >= 0.3 is 0 Å². The van der Waals surface area contributed by atoms with Crippen molar-refractivity contribution < 1.29 is 4.52 Å². The van der Waals surface area contributed by atoms with Crippen molar-refractivity contribution in [2.24, 2.45) is 5.92 Å². The van der Waals surface area contributed by atoms with Crippen LogP contribution in [0.3, 0.4) is 0 Å². The molecule has 1 N–H and O–H groups in total. The van der Waals surface area contributed by atoms with Gasteiger partial charge in [-0.3, -0.25) is 0 Å². The van der Waals surface area contributed by atoms with Crippen molar-refractivity contribution in [1.82, 2.24) is 15.5 Å². The van der Waals surface area contributed by atoms with Gasteiger partial charge < -0.3 is 9.84 Å². The maximum atomic E-state index is 6.17. The van der Waals surface area contributed by atoms with Gasteiger partial charge in [-0.15, -0.1) is 0 Å². The summed E-state index contributed by atoms with van der Waals surface area (Å²) >= 11 is 6.17. The summed E-state index contributed by atoms with van der Waals surface area (Å²) < 4.78 is 5.41. The lowest BCUT2D eigenvalue weighted by atomic mass is 9.95. The van der Waals surface area contributed by atoms with Crippen LogP contribution in [0.5, 0.6) is 0 Å². The Morgan fingerprint density at radius 2 is 2.10 bits per heavy atom. The normalized spacial score (nSPS) is 17.2. The van der Waals surface area contributed by atoms with E-state index in [0.29, 0.717) is 28.7 Å². The minimum atomic E-state index is 0.409. The van der Waals surface area contributed by atoms with E-state index in [0.717, 1.165) is 12.0 Å². The lowest BCUT2D eigenvalue weighted by Crippen LogP contribution is -2.34. The van der Waals surface area contributed by atoms with Crippen molar-refractivity contribution in [3.8, 4) is 11.4 Å². The zero-order valence-corrected chi connectivity index (χ0v) is 12.9. The molecule has 3 rings (SSSR count).